The molecule has 12 nitrogen and oxygen atoms in total. The van der Waals surface area contributed by atoms with Crippen LogP contribution >= 0.6 is 0 Å². The minimum Gasteiger partial charge on any atom is -0.495 e. The zero-order chi connectivity index (χ0) is 26.2. The third-order valence-corrected chi connectivity index (χ3v) is 5.58. The van der Waals surface area contributed by atoms with Gasteiger partial charge in [0.1, 0.15) is 12.3 Å². The van der Waals surface area contributed by atoms with Gasteiger partial charge in [-0.2, -0.15) is 18.2 Å². The molecule has 1 aromatic carbocycles. The minimum atomic E-state index is -5.42. The quantitative estimate of drug-likeness (QED) is 0.371. The number of hydrogen-bond acceptors (Lipinski definition) is 9. The summed E-state index contributed by atoms with van der Waals surface area (Å²) >= 11 is 0. The number of piperazine rings is 1. The molecule has 1 aliphatic heterocycles. The van der Waals surface area contributed by atoms with Gasteiger partial charge in [-0.25, -0.2) is 19.0 Å². The van der Waals surface area contributed by atoms with Gasteiger partial charge in [0.05, 0.1) is 12.8 Å². The van der Waals surface area contributed by atoms with Crippen LogP contribution in [-0.4, -0.2) is 70.1 Å². The maximum absolute atomic E-state index is 13.5. The predicted octanol–water partition coefficient (Wildman–Crippen LogP) is -0.0638. The Morgan fingerprint density at radius 2 is 1.81 bits per heavy atom. The normalized spacial score (nSPS) is 14.2. The first kappa shape index (κ1) is 25.0. The first-order chi connectivity index (χ1) is 17.0. The number of hydrogen-bond donors (Lipinski definition) is 1. The van der Waals surface area contributed by atoms with Gasteiger partial charge in [0.2, 0.25) is 5.95 Å². The highest BCUT2D eigenvalue weighted by molar-refractivity contribution is 5.88. The van der Waals surface area contributed by atoms with E-state index < -0.39 is 35.9 Å². The number of fused-ring (bicyclic) bond motifs is 1. The highest BCUT2D eigenvalue weighted by Crippen LogP contribution is 2.30. The minimum absolute atomic E-state index is 0.0135. The van der Waals surface area contributed by atoms with Crippen molar-refractivity contribution in [3.05, 3.63) is 45.1 Å². The van der Waals surface area contributed by atoms with E-state index in [9.17, 15) is 32.3 Å². The third-order valence-electron chi connectivity index (χ3n) is 5.58. The summed E-state index contributed by atoms with van der Waals surface area (Å²) in [5.74, 6) is -3.76. The second kappa shape index (κ2) is 9.49. The molecule has 0 amide bonds. The number of anilines is 1. The largest absolute Gasteiger partial charge is 0.495 e. The monoisotopic (exact) mass is 510 g/mol. The number of imidazole rings is 1. The van der Waals surface area contributed by atoms with Gasteiger partial charge < -0.3 is 19.7 Å². The van der Waals surface area contributed by atoms with E-state index in [0.29, 0.717) is 48.1 Å². The summed E-state index contributed by atoms with van der Waals surface area (Å²) in [6.45, 7) is 1.12. The molecule has 0 saturated carbocycles. The average molecular weight is 510 g/mol. The molecule has 1 N–H and O–H groups in total. The Kier molecular flexibility index (Phi) is 6.58. The molecule has 1 fully saturated rings. The van der Waals surface area contributed by atoms with Crippen molar-refractivity contribution in [1.82, 2.24) is 24.0 Å². The van der Waals surface area contributed by atoms with Crippen LogP contribution in [0.4, 0.5) is 19.1 Å². The van der Waals surface area contributed by atoms with Crippen molar-refractivity contribution in [1.29, 1.82) is 0 Å². The molecule has 1 aliphatic rings. The molecule has 3 heterocycles. The Hall–Kier alpha value is -4.14. The van der Waals surface area contributed by atoms with Crippen molar-refractivity contribution >= 4 is 29.1 Å². The molecule has 0 bridgehead atoms. The van der Waals surface area contributed by atoms with E-state index in [1.165, 1.54) is 18.7 Å². The molecule has 0 spiro atoms. The predicted molar refractivity (Wildman–Crippen MR) is 119 cm³/mol. The highest BCUT2D eigenvalue weighted by atomic mass is 19.4. The number of ether oxygens (including phenoxy) is 2. The molecule has 0 aliphatic carbocycles. The molecule has 0 radical (unpaired) electrons. The summed E-state index contributed by atoms with van der Waals surface area (Å²) in [6.07, 6.45) is -5.42. The van der Waals surface area contributed by atoms with Crippen LogP contribution in [0.25, 0.3) is 16.9 Å². The zero-order valence-electron chi connectivity index (χ0n) is 19.2. The van der Waals surface area contributed by atoms with Crippen LogP contribution in [0, 0.1) is 0 Å². The van der Waals surface area contributed by atoms with Gasteiger partial charge in [-0.1, -0.05) is 12.1 Å². The van der Waals surface area contributed by atoms with E-state index in [2.05, 4.69) is 15.0 Å². The van der Waals surface area contributed by atoms with E-state index >= 15 is 0 Å². The summed E-state index contributed by atoms with van der Waals surface area (Å²) in [5.41, 5.74) is -1.76. The van der Waals surface area contributed by atoms with E-state index in [-0.39, 0.29) is 11.2 Å². The number of nitrogens with zero attached hydrogens (tertiary/aromatic N) is 5. The molecule has 1 saturated heterocycles. The van der Waals surface area contributed by atoms with Gasteiger partial charge in [0.25, 0.3) is 5.56 Å². The maximum Gasteiger partial charge on any atom is 0.491 e. The SMILES string of the molecule is COc1ccccc1-n1c(N2CCNCC2)nc2c1c(=O)n(CC(=O)OC(=O)C(F)(F)F)c(=O)n2C. The van der Waals surface area contributed by atoms with Crippen molar-refractivity contribution in [3.8, 4) is 11.4 Å². The first-order valence-electron chi connectivity index (χ1n) is 10.7. The van der Waals surface area contributed by atoms with Crippen molar-refractivity contribution < 1.29 is 32.2 Å². The van der Waals surface area contributed by atoms with Crippen LogP contribution in [0.3, 0.4) is 0 Å². The summed E-state index contributed by atoms with van der Waals surface area (Å²) in [7, 11) is 2.73. The standard InChI is InChI=1S/C21H21F3N6O6/c1-27-16-15(17(32)29(20(27)34)11-14(31)36-18(33)21(22,23)24)30(12-5-3-4-6-13(12)35-2)19(26-16)28-9-7-25-8-10-28/h3-6,25H,7-11H2,1-2H3. The smallest absolute Gasteiger partial charge is 0.491 e. The van der Waals surface area contributed by atoms with E-state index in [1.807, 2.05) is 4.90 Å². The van der Waals surface area contributed by atoms with Gasteiger partial charge in [-0.15, -0.1) is 0 Å². The van der Waals surface area contributed by atoms with Crippen molar-refractivity contribution in [2.75, 3.05) is 38.2 Å². The molecule has 3 aromatic rings. The van der Waals surface area contributed by atoms with Crippen LogP contribution in [0.2, 0.25) is 0 Å². The average Bonchev–Trinajstić information content (AvgIpc) is 3.26. The Bertz CT molecular complexity index is 1450. The number of aromatic nitrogens is 4. The van der Waals surface area contributed by atoms with E-state index in [1.54, 1.807) is 24.3 Å². The Morgan fingerprint density at radius 3 is 2.44 bits per heavy atom. The fourth-order valence-corrected chi connectivity index (χ4v) is 3.89. The molecule has 15 heteroatoms. The lowest BCUT2D eigenvalue weighted by Gasteiger charge is -2.29. The second-order valence-corrected chi connectivity index (χ2v) is 7.82. The third kappa shape index (κ3) is 4.44. The summed E-state index contributed by atoms with van der Waals surface area (Å²) in [5, 5.41) is 3.21. The van der Waals surface area contributed by atoms with E-state index in [0.717, 1.165) is 4.57 Å². The van der Waals surface area contributed by atoms with Crippen LogP contribution in [-0.2, 0) is 27.9 Å². The molecule has 36 heavy (non-hydrogen) atoms. The zero-order valence-corrected chi connectivity index (χ0v) is 19.2. The van der Waals surface area contributed by atoms with Crippen LogP contribution < -0.4 is 26.2 Å². The molecule has 0 atom stereocenters. The number of rotatable bonds is 5. The Labute approximate surface area is 200 Å². The number of benzene rings is 1. The van der Waals surface area contributed by atoms with Gasteiger partial charge in [0, 0.05) is 33.2 Å². The second-order valence-electron chi connectivity index (χ2n) is 7.82. The number of alkyl halides is 3. The number of para-hydroxylation sites is 2. The molecule has 192 valence electrons. The molecular weight excluding hydrogens is 489 g/mol. The van der Waals surface area contributed by atoms with Crippen molar-refractivity contribution in [2.45, 2.75) is 12.7 Å². The molecule has 4 rings (SSSR count). The van der Waals surface area contributed by atoms with Crippen LogP contribution in [0.5, 0.6) is 5.75 Å². The number of carbonyl (C=O) groups excluding carboxylic acids is 2. The molecular formula is C21H21F3N6O6. The molecule has 0 unspecified atom stereocenters. The lowest BCUT2D eigenvalue weighted by Crippen LogP contribution is -2.44. The first-order valence-corrected chi connectivity index (χ1v) is 10.7. The Balaban J connectivity index is 1.94. The number of nitrogens with one attached hydrogen (secondary N) is 1. The van der Waals surface area contributed by atoms with Gasteiger partial charge >= 0.3 is 23.8 Å². The number of carbonyl (C=O) groups is 2. The van der Waals surface area contributed by atoms with Crippen molar-refractivity contribution in [2.24, 2.45) is 7.05 Å². The van der Waals surface area contributed by atoms with Crippen LogP contribution in [0.15, 0.2) is 33.9 Å². The van der Waals surface area contributed by atoms with Gasteiger partial charge in [-0.05, 0) is 12.1 Å². The van der Waals surface area contributed by atoms with Crippen molar-refractivity contribution in [3.63, 3.8) is 0 Å². The Morgan fingerprint density at radius 1 is 1.14 bits per heavy atom. The topological polar surface area (TPSA) is 130 Å². The van der Waals surface area contributed by atoms with Crippen LogP contribution in [0.1, 0.15) is 0 Å². The number of aryl methyl sites for hydroxylation is 1. The lowest BCUT2D eigenvalue weighted by molar-refractivity contribution is -0.202. The number of methoxy groups -OCH3 is 1. The van der Waals surface area contributed by atoms with Gasteiger partial charge in [0.15, 0.2) is 11.2 Å². The summed E-state index contributed by atoms with van der Waals surface area (Å²) in [4.78, 5) is 55.9. The fraction of sp³-hybridized carbons (Fsp3) is 0.381. The summed E-state index contributed by atoms with van der Waals surface area (Å²) in [6, 6.07) is 6.74. The fourth-order valence-electron chi connectivity index (χ4n) is 3.89. The summed E-state index contributed by atoms with van der Waals surface area (Å²) < 4.78 is 49.5. The maximum atomic E-state index is 13.5. The number of esters is 2. The highest BCUT2D eigenvalue weighted by Gasteiger charge is 2.42. The number of halogens is 3. The van der Waals surface area contributed by atoms with E-state index in [4.69, 9.17) is 4.74 Å². The molecule has 2 aromatic heterocycles. The van der Waals surface area contributed by atoms with Gasteiger partial charge in [-0.3, -0.25) is 13.9 Å². The lowest BCUT2D eigenvalue weighted by atomic mass is 10.2.